The van der Waals surface area contributed by atoms with Crippen molar-refractivity contribution in [3.05, 3.63) is 41.9 Å². The highest BCUT2D eigenvalue weighted by molar-refractivity contribution is 6.03. The standard InChI is InChI=1S/C15H16N4O3/c20-13-4-3-12(15(22)18-13)19-9-11(6-14(19)21)17-8-10-2-1-5-16-7-10/h1-2,5-7,12,17H,3-4,8-9H2,(H,18,20,22). The molecule has 1 saturated heterocycles. The first-order chi connectivity index (χ1) is 10.6. The molecule has 1 aromatic rings. The summed E-state index contributed by atoms with van der Waals surface area (Å²) in [6, 6.07) is 3.22. The van der Waals surface area contributed by atoms with Crippen LogP contribution in [0.1, 0.15) is 18.4 Å². The zero-order valence-corrected chi connectivity index (χ0v) is 11.9. The molecule has 0 aromatic carbocycles. The van der Waals surface area contributed by atoms with Crippen LogP contribution < -0.4 is 10.6 Å². The van der Waals surface area contributed by atoms with Crippen molar-refractivity contribution < 1.29 is 14.4 Å². The van der Waals surface area contributed by atoms with E-state index >= 15 is 0 Å². The average Bonchev–Trinajstić information content (AvgIpc) is 2.87. The zero-order valence-electron chi connectivity index (χ0n) is 11.9. The van der Waals surface area contributed by atoms with E-state index in [2.05, 4.69) is 15.6 Å². The molecule has 0 spiro atoms. The molecule has 0 aliphatic carbocycles. The third kappa shape index (κ3) is 2.98. The third-order valence-corrected chi connectivity index (χ3v) is 3.75. The van der Waals surface area contributed by atoms with E-state index in [1.165, 1.54) is 11.0 Å². The molecule has 7 nitrogen and oxygen atoms in total. The number of aromatic nitrogens is 1. The summed E-state index contributed by atoms with van der Waals surface area (Å²) < 4.78 is 0. The van der Waals surface area contributed by atoms with Crippen molar-refractivity contribution in [2.24, 2.45) is 0 Å². The van der Waals surface area contributed by atoms with Crippen LogP contribution in [-0.2, 0) is 20.9 Å². The van der Waals surface area contributed by atoms with Gasteiger partial charge in [0.1, 0.15) is 6.04 Å². The molecule has 22 heavy (non-hydrogen) atoms. The van der Waals surface area contributed by atoms with Gasteiger partial charge in [-0.05, 0) is 18.1 Å². The minimum absolute atomic E-state index is 0.205. The van der Waals surface area contributed by atoms with Gasteiger partial charge in [-0.3, -0.25) is 24.7 Å². The van der Waals surface area contributed by atoms with E-state index < -0.39 is 11.9 Å². The van der Waals surface area contributed by atoms with Gasteiger partial charge in [0.2, 0.25) is 17.7 Å². The Labute approximate surface area is 127 Å². The first kappa shape index (κ1) is 14.2. The van der Waals surface area contributed by atoms with Crippen LogP contribution in [0.3, 0.4) is 0 Å². The zero-order chi connectivity index (χ0) is 15.5. The van der Waals surface area contributed by atoms with Crippen molar-refractivity contribution in [2.75, 3.05) is 6.54 Å². The number of amides is 3. The van der Waals surface area contributed by atoms with Gasteiger partial charge in [0, 0.05) is 37.1 Å². The predicted octanol–water partition coefficient (Wildman–Crippen LogP) is -0.298. The highest BCUT2D eigenvalue weighted by Gasteiger charge is 2.36. The molecule has 1 unspecified atom stereocenters. The molecule has 0 saturated carbocycles. The van der Waals surface area contributed by atoms with E-state index in [4.69, 9.17) is 0 Å². The number of hydrogen-bond acceptors (Lipinski definition) is 5. The highest BCUT2D eigenvalue weighted by atomic mass is 16.2. The minimum atomic E-state index is -0.570. The maximum Gasteiger partial charge on any atom is 0.249 e. The molecular weight excluding hydrogens is 284 g/mol. The molecule has 2 aliphatic heterocycles. The van der Waals surface area contributed by atoms with Gasteiger partial charge < -0.3 is 10.2 Å². The van der Waals surface area contributed by atoms with Gasteiger partial charge >= 0.3 is 0 Å². The van der Waals surface area contributed by atoms with Crippen LogP contribution in [0.4, 0.5) is 0 Å². The largest absolute Gasteiger partial charge is 0.383 e. The number of nitrogens with one attached hydrogen (secondary N) is 2. The van der Waals surface area contributed by atoms with Crippen molar-refractivity contribution in [2.45, 2.75) is 25.4 Å². The first-order valence-corrected chi connectivity index (χ1v) is 7.11. The van der Waals surface area contributed by atoms with E-state index in [0.29, 0.717) is 19.5 Å². The van der Waals surface area contributed by atoms with Gasteiger partial charge in [-0.25, -0.2) is 0 Å². The number of imide groups is 1. The number of carbonyl (C=O) groups is 3. The lowest BCUT2D eigenvalue weighted by atomic mass is 10.0. The number of nitrogens with zero attached hydrogens (tertiary/aromatic N) is 2. The fourth-order valence-corrected chi connectivity index (χ4v) is 2.61. The lowest BCUT2D eigenvalue weighted by Crippen LogP contribution is -2.53. The minimum Gasteiger partial charge on any atom is -0.383 e. The molecule has 3 amide bonds. The van der Waals surface area contributed by atoms with Crippen LogP contribution in [0.25, 0.3) is 0 Å². The van der Waals surface area contributed by atoms with Gasteiger partial charge in [0.15, 0.2) is 0 Å². The van der Waals surface area contributed by atoms with E-state index in [1.54, 1.807) is 12.4 Å². The molecule has 2 aliphatic rings. The molecule has 0 radical (unpaired) electrons. The molecule has 3 heterocycles. The van der Waals surface area contributed by atoms with Gasteiger partial charge in [0.25, 0.3) is 0 Å². The number of pyridine rings is 1. The fraction of sp³-hybridized carbons (Fsp3) is 0.333. The maximum absolute atomic E-state index is 12.1. The first-order valence-electron chi connectivity index (χ1n) is 7.11. The Morgan fingerprint density at radius 3 is 2.95 bits per heavy atom. The Hall–Kier alpha value is -2.70. The molecule has 2 N–H and O–H groups in total. The van der Waals surface area contributed by atoms with Gasteiger partial charge in [-0.15, -0.1) is 0 Å². The van der Waals surface area contributed by atoms with Crippen LogP contribution in [0.2, 0.25) is 0 Å². The highest BCUT2D eigenvalue weighted by Crippen LogP contribution is 2.18. The maximum atomic E-state index is 12.1. The molecule has 1 fully saturated rings. The van der Waals surface area contributed by atoms with Crippen LogP contribution in [0, 0.1) is 0 Å². The Morgan fingerprint density at radius 2 is 2.23 bits per heavy atom. The van der Waals surface area contributed by atoms with Crippen LogP contribution in [-0.4, -0.2) is 40.2 Å². The molecule has 0 bridgehead atoms. The summed E-state index contributed by atoms with van der Waals surface area (Å²) in [5, 5.41) is 5.46. The second-order valence-electron chi connectivity index (χ2n) is 5.32. The Balaban J connectivity index is 1.59. The molecule has 3 rings (SSSR count). The van der Waals surface area contributed by atoms with Gasteiger partial charge in [-0.2, -0.15) is 0 Å². The fourth-order valence-electron chi connectivity index (χ4n) is 2.61. The van der Waals surface area contributed by atoms with E-state index in [9.17, 15) is 14.4 Å². The van der Waals surface area contributed by atoms with Crippen LogP contribution in [0.5, 0.6) is 0 Å². The summed E-state index contributed by atoms with van der Waals surface area (Å²) in [5.41, 5.74) is 1.77. The summed E-state index contributed by atoms with van der Waals surface area (Å²) in [5.74, 6) is -0.884. The summed E-state index contributed by atoms with van der Waals surface area (Å²) in [7, 11) is 0. The normalized spacial score (nSPS) is 21.6. The van der Waals surface area contributed by atoms with Crippen molar-refractivity contribution in [3.8, 4) is 0 Å². The van der Waals surface area contributed by atoms with Gasteiger partial charge in [0.05, 0.1) is 6.54 Å². The number of rotatable bonds is 4. The number of carbonyl (C=O) groups excluding carboxylic acids is 3. The van der Waals surface area contributed by atoms with E-state index in [-0.39, 0.29) is 18.2 Å². The lowest BCUT2D eigenvalue weighted by molar-refractivity contribution is -0.142. The lowest BCUT2D eigenvalue weighted by Gasteiger charge is -2.29. The topological polar surface area (TPSA) is 91.4 Å². The second-order valence-corrected chi connectivity index (χ2v) is 5.32. The van der Waals surface area contributed by atoms with Gasteiger partial charge in [-0.1, -0.05) is 6.07 Å². The Bertz CT molecular complexity index is 641. The number of piperidine rings is 1. The molecule has 114 valence electrons. The summed E-state index contributed by atoms with van der Waals surface area (Å²) in [4.78, 5) is 40.6. The predicted molar refractivity (Wildman–Crippen MR) is 77.0 cm³/mol. The van der Waals surface area contributed by atoms with Crippen molar-refractivity contribution >= 4 is 17.7 Å². The molecule has 7 heteroatoms. The molecular formula is C15H16N4O3. The third-order valence-electron chi connectivity index (χ3n) is 3.75. The summed E-state index contributed by atoms with van der Waals surface area (Å²) >= 11 is 0. The van der Waals surface area contributed by atoms with E-state index in [1.807, 2.05) is 12.1 Å². The van der Waals surface area contributed by atoms with Crippen molar-refractivity contribution in [1.82, 2.24) is 20.5 Å². The van der Waals surface area contributed by atoms with Crippen LogP contribution >= 0.6 is 0 Å². The summed E-state index contributed by atoms with van der Waals surface area (Å²) in [6.45, 7) is 0.918. The SMILES string of the molecule is O=C1CCC(N2CC(NCc3cccnc3)=CC2=O)C(=O)N1. The monoisotopic (exact) mass is 300 g/mol. The Kier molecular flexibility index (Phi) is 3.86. The Morgan fingerprint density at radius 1 is 1.36 bits per heavy atom. The van der Waals surface area contributed by atoms with Crippen molar-refractivity contribution in [3.63, 3.8) is 0 Å². The number of hydrogen-bond donors (Lipinski definition) is 2. The second kappa shape index (κ2) is 5.97. The molecule has 1 aromatic heterocycles. The molecule has 1 atom stereocenters. The van der Waals surface area contributed by atoms with Crippen LogP contribution in [0.15, 0.2) is 36.3 Å². The summed E-state index contributed by atoms with van der Waals surface area (Å²) in [6.07, 6.45) is 5.59. The van der Waals surface area contributed by atoms with Crippen molar-refractivity contribution in [1.29, 1.82) is 0 Å². The quantitative estimate of drug-likeness (QED) is 0.745. The smallest absolute Gasteiger partial charge is 0.249 e. The average molecular weight is 300 g/mol. The van der Waals surface area contributed by atoms with E-state index in [0.717, 1.165) is 11.3 Å².